The Balaban J connectivity index is 0.00000242. The van der Waals surface area contributed by atoms with Crippen LogP contribution in [-0.2, 0) is 14.9 Å². The van der Waals surface area contributed by atoms with Crippen molar-refractivity contribution in [3.8, 4) is 5.75 Å². The maximum atomic E-state index is 11.5. The zero-order chi connectivity index (χ0) is 15.6. The summed E-state index contributed by atoms with van der Waals surface area (Å²) in [6, 6.07) is 5.89. The van der Waals surface area contributed by atoms with Gasteiger partial charge in [0, 0.05) is 13.0 Å². The maximum absolute atomic E-state index is 11.5. The topological polar surface area (TPSA) is 47.6 Å². The molecule has 1 N–H and O–H groups in total. The third kappa shape index (κ3) is 4.61. The first-order chi connectivity index (χ1) is 9.81. The molecule has 0 bridgehead atoms. The highest BCUT2D eigenvalue weighted by Gasteiger charge is 2.31. The van der Waals surface area contributed by atoms with E-state index in [1.165, 1.54) is 12.7 Å². The van der Waals surface area contributed by atoms with Gasteiger partial charge >= 0.3 is 5.97 Å². The maximum Gasteiger partial charge on any atom is 0.323 e. The Kier molecular flexibility index (Phi) is 6.71. The Morgan fingerprint density at radius 3 is 2.59 bits per heavy atom. The molecule has 4 nitrogen and oxygen atoms in total. The van der Waals surface area contributed by atoms with Crippen molar-refractivity contribution < 1.29 is 14.3 Å². The average Bonchev–Trinajstić information content (AvgIpc) is 2.87. The highest BCUT2D eigenvalue weighted by Crippen LogP contribution is 2.32. The van der Waals surface area contributed by atoms with Gasteiger partial charge in [-0.25, -0.2) is 0 Å². The van der Waals surface area contributed by atoms with Gasteiger partial charge in [-0.05, 0) is 39.0 Å². The SMILES string of the molecule is COC(=O)C1CC(Oc2ccc(C(C)(C)C)cc2Br)CN1.Cl. The fourth-order valence-corrected chi connectivity index (χ4v) is 2.83. The molecule has 2 unspecified atom stereocenters. The first-order valence-corrected chi connectivity index (χ1v) is 7.88. The highest BCUT2D eigenvalue weighted by molar-refractivity contribution is 9.10. The molecule has 22 heavy (non-hydrogen) atoms. The first-order valence-electron chi connectivity index (χ1n) is 7.09. The summed E-state index contributed by atoms with van der Waals surface area (Å²) < 4.78 is 11.7. The van der Waals surface area contributed by atoms with Gasteiger partial charge in [0.15, 0.2) is 0 Å². The van der Waals surface area contributed by atoms with Crippen LogP contribution in [0.25, 0.3) is 0 Å². The number of methoxy groups -OCH3 is 1. The second kappa shape index (κ2) is 7.66. The lowest BCUT2D eigenvalue weighted by molar-refractivity contribution is -0.142. The minimum Gasteiger partial charge on any atom is -0.488 e. The average molecular weight is 393 g/mol. The smallest absolute Gasteiger partial charge is 0.323 e. The van der Waals surface area contributed by atoms with Gasteiger partial charge in [0.1, 0.15) is 17.9 Å². The van der Waals surface area contributed by atoms with Crippen molar-refractivity contribution in [1.29, 1.82) is 0 Å². The van der Waals surface area contributed by atoms with E-state index in [4.69, 9.17) is 9.47 Å². The zero-order valence-corrected chi connectivity index (χ0v) is 15.7. The Morgan fingerprint density at radius 2 is 2.05 bits per heavy atom. The van der Waals surface area contributed by atoms with Crippen LogP contribution in [0, 0.1) is 0 Å². The second-order valence-corrected chi connectivity index (χ2v) is 7.21. The molecule has 6 heteroatoms. The normalized spacial score (nSPS) is 21.1. The molecule has 0 radical (unpaired) electrons. The number of ether oxygens (including phenoxy) is 2. The Hall–Kier alpha value is -0.780. The Labute approximate surface area is 146 Å². The van der Waals surface area contributed by atoms with Crippen molar-refractivity contribution in [2.75, 3.05) is 13.7 Å². The minimum absolute atomic E-state index is 0. The lowest BCUT2D eigenvalue weighted by Gasteiger charge is -2.21. The predicted molar refractivity (Wildman–Crippen MR) is 92.9 cm³/mol. The van der Waals surface area contributed by atoms with Crippen LogP contribution in [0.2, 0.25) is 0 Å². The molecule has 1 heterocycles. The number of hydrogen-bond donors (Lipinski definition) is 1. The number of rotatable bonds is 3. The van der Waals surface area contributed by atoms with Crippen LogP contribution in [0.5, 0.6) is 5.75 Å². The Bertz CT molecular complexity index is 531. The summed E-state index contributed by atoms with van der Waals surface area (Å²) in [6.07, 6.45) is 0.603. The monoisotopic (exact) mass is 391 g/mol. The fourth-order valence-electron chi connectivity index (χ4n) is 2.36. The van der Waals surface area contributed by atoms with E-state index in [1.54, 1.807) is 0 Å². The summed E-state index contributed by atoms with van der Waals surface area (Å²) in [5, 5.41) is 3.12. The second-order valence-electron chi connectivity index (χ2n) is 6.35. The third-order valence-electron chi connectivity index (χ3n) is 3.67. The summed E-state index contributed by atoms with van der Waals surface area (Å²) >= 11 is 3.57. The molecular weight excluding hydrogens is 370 g/mol. The lowest BCUT2D eigenvalue weighted by atomic mass is 9.87. The molecule has 2 atom stereocenters. The van der Waals surface area contributed by atoms with E-state index < -0.39 is 0 Å². The van der Waals surface area contributed by atoms with Crippen molar-refractivity contribution in [3.63, 3.8) is 0 Å². The summed E-state index contributed by atoms with van der Waals surface area (Å²) in [5.74, 6) is 0.573. The summed E-state index contributed by atoms with van der Waals surface area (Å²) in [7, 11) is 1.40. The van der Waals surface area contributed by atoms with E-state index in [9.17, 15) is 4.79 Å². The highest BCUT2D eigenvalue weighted by atomic mass is 79.9. The molecule has 0 spiro atoms. The van der Waals surface area contributed by atoms with Gasteiger partial charge in [0.05, 0.1) is 11.6 Å². The van der Waals surface area contributed by atoms with Gasteiger partial charge in [0.25, 0.3) is 0 Å². The van der Waals surface area contributed by atoms with Gasteiger partial charge in [-0.1, -0.05) is 26.8 Å². The number of carbonyl (C=O) groups is 1. The van der Waals surface area contributed by atoms with Crippen molar-refractivity contribution in [2.45, 2.75) is 44.8 Å². The first kappa shape index (κ1) is 19.3. The molecule has 0 aliphatic carbocycles. The van der Waals surface area contributed by atoms with Gasteiger partial charge in [-0.3, -0.25) is 4.79 Å². The molecule has 1 saturated heterocycles. The van der Waals surface area contributed by atoms with E-state index in [0.717, 1.165) is 10.2 Å². The van der Waals surface area contributed by atoms with Crippen molar-refractivity contribution in [2.24, 2.45) is 0 Å². The van der Waals surface area contributed by atoms with Crippen molar-refractivity contribution >= 4 is 34.3 Å². The van der Waals surface area contributed by atoms with E-state index in [0.29, 0.717) is 13.0 Å². The molecular formula is C16H23BrClNO3. The molecule has 2 rings (SSSR count). The van der Waals surface area contributed by atoms with Gasteiger partial charge in [-0.2, -0.15) is 0 Å². The van der Waals surface area contributed by atoms with E-state index in [2.05, 4.69) is 54.2 Å². The van der Waals surface area contributed by atoms with Crippen LogP contribution in [0.4, 0.5) is 0 Å². The predicted octanol–water partition coefficient (Wildman–Crippen LogP) is 3.45. The van der Waals surface area contributed by atoms with Crippen LogP contribution in [0.15, 0.2) is 22.7 Å². The van der Waals surface area contributed by atoms with Crippen molar-refractivity contribution in [1.82, 2.24) is 5.32 Å². The van der Waals surface area contributed by atoms with E-state index in [-0.39, 0.29) is 35.9 Å². The van der Waals surface area contributed by atoms with Crippen LogP contribution in [0.3, 0.4) is 0 Å². The number of benzene rings is 1. The molecule has 1 aromatic carbocycles. The molecule has 1 aromatic rings. The zero-order valence-electron chi connectivity index (χ0n) is 13.3. The van der Waals surface area contributed by atoms with Gasteiger partial charge in [-0.15, -0.1) is 12.4 Å². The number of halogens is 2. The minimum atomic E-state index is -0.271. The molecule has 0 saturated carbocycles. The quantitative estimate of drug-likeness (QED) is 0.800. The van der Waals surface area contributed by atoms with Crippen LogP contribution < -0.4 is 10.1 Å². The van der Waals surface area contributed by atoms with E-state index in [1.807, 2.05) is 6.07 Å². The molecule has 1 fully saturated rings. The summed E-state index contributed by atoms with van der Waals surface area (Å²) in [6.45, 7) is 7.18. The van der Waals surface area contributed by atoms with Crippen LogP contribution in [-0.4, -0.2) is 31.8 Å². The largest absolute Gasteiger partial charge is 0.488 e. The molecule has 0 amide bonds. The third-order valence-corrected chi connectivity index (χ3v) is 4.29. The number of hydrogen-bond acceptors (Lipinski definition) is 4. The van der Waals surface area contributed by atoms with Crippen LogP contribution in [0.1, 0.15) is 32.8 Å². The van der Waals surface area contributed by atoms with Gasteiger partial charge in [0.2, 0.25) is 0 Å². The summed E-state index contributed by atoms with van der Waals surface area (Å²) in [4.78, 5) is 11.5. The van der Waals surface area contributed by atoms with Gasteiger partial charge < -0.3 is 14.8 Å². The number of carbonyl (C=O) groups excluding carboxylic acids is 1. The molecule has 1 aliphatic heterocycles. The number of esters is 1. The van der Waals surface area contributed by atoms with Crippen LogP contribution >= 0.6 is 28.3 Å². The standard InChI is InChI=1S/C16H22BrNO3.ClH/c1-16(2,3)10-5-6-14(12(17)7-10)21-11-8-13(18-9-11)15(19)20-4;/h5-7,11,13,18H,8-9H2,1-4H3;1H. The van der Waals surface area contributed by atoms with E-state index >= 15 is 0 Å². The summed E-state index contributed by atoms with van der Waals surface area (Å²) in [5.41, 5.74) is 1.35. The molecule has 124 valence electrons. The number of nitrogens with one attached hydrogen (secondary N) is 1. The Morgan fingerprint density at radius 1 is 1.36 bits per heavy atom. The van der Waals surface area contributed by atoms with Crippen molar-refractivity contribution in [3.05, 3.63) is 28.2 Å². The fraction of sp³-hybridized carbons (Fsp3) is 0.562. The lowest BCUT2D eigenvalue weighted by Crippen LogP contribution is -2.31. The molecule has 0 aromatic heterocycles. The molecule has 1 aliphatic rings.